The molecule has 0 aliphatic heterocycles. The maximum absolute atomic E-state index is 12.4. The summed E-state index contributed by atoms with van der Waals surface area (Å²) in [4.78, 5) is 12.4. The lowest BCUT2D eigenvalue weighted by molar-refractivity contribution is 0.0531. The maximum atomic E-state index is 12.4. The number of carbonyl (C=O) groups is 1. The van der Waals surface area contributed by atoms with Gasteiger partial charge in [0.25, 0.3) is 0 Å². The highest BCUT2D eigenvalue weighted by Gasteiger charge is 2.24. The average Bonchev–Trinajstić information content (AvgIpc) is 2.52. The van der Waals surface area contributed by atoms with Crippen molar-refractivity contribution in [1.29, 1.82) is 0 Å². The van der Waals surface area contributed by atoms with Crippen LogP contribution in [0.1, 0.15) is 17.3 Å². The summed E-state index contributed by atoms with van der Waals surface area (Å²) in [6.07, 6.45) is 0. The van der Waals surface area contributed by atoms with Crippen molar-refractivity contribution in [3.63, 3.8) is 0 Å². The Labute approximate surface area is 128 Å². The van der Waals surface area contributed by atoms with E-state index in [2.05, 4.69) is 0 Å². The van der Waals surface area contributed by atoms with Crippen LogP contribution in [0.25, 0.3) is 21.5 Å². The second-order valence-corrected chi connectivity index (χ2v) is 4.97. The average molecular weight is 294 g/mol. The molecule has 0 aromatic heterocycles. The van der Waals surface area contributed by atoms with E-state index >= 15 is 0 Å². The van der Waals surface area contributed by atoms with Crippen molar-refractivity contribution < 1.29 is 19.6 Å². The Morgan fingerprint density at radius 2 is 1.41 bits per heavy atom. The van der Waals surface area contributed by atoms with Gasteiger partial charge in [-0.05, 0) is 33.9 Å². The predicted molar refractivity (Wildman–Crippen MR) is 87.2 cm³/mol. The summed E-state index contributed by atoms with van der Waals surface area (Å²) in [5.41, 5.74) is 0.858. The van der Waals surface area contributed by atoms with Crippen LogP contribution in [-0.4, -0.2) is 29.7 Å². The molecule has 0 saturated heterocycles. The van der Waals surface area contributed by atoms with Gasteiger partial charge in [0.15, 0.2) is 0 Å². The molecular weight excluding hydrogens is 279 g/mol. The van der Waals surface area contributed by atoms with Crippen LogP contribution in [0.3, 0.4) is 0 Å². The minimum absolute atomic E-state index is 0.284. The zero-order valence-corrected chi connectivity index (χ0v) is 12.1. The van der Waals surface area contributed by atoms with Gasteiger partial charge in [0, 0.05) is 0 Å². The molecule has 3 aromatic carbocycles. The molecule has 3 aromatic rings. The van der Waals surface area contributed by atoms with Crippen LogP contribution in [0.4, 0.5) is 0 Å². The summed E-state index contributed by atoms with van der Waals surface area (Å²) in [7, 11) is -1.62. The van der Waals surface area contributed by atoms with Crippen LogP contribution in [0, 0.1) is 0 Å². The zero-order valence-electron chi connectivity index (χ0n) is 12.1. The van der Waals surface area contributed by atoms with E-state index in [1.807, 2.05) is 12.1 Å². The number of esters is 1. The highest BCUT2D eigenvalue weighted by Crippen LogP contribution is 2.28. The largest absolute Gasteiger partial charge is 0.489 e. The number of hydrogen-bond acceptors (Lipinski definition) is 4. The molecule has 0 bridgehead atoms. The predicted octanol–water partition coefficient (Wildman–Crippen LogP) is 1.85. The number of fused-ring (bicyclic) bond motifs is 2. The Kier molecular flexibility index (Phi) is 3.83. The molecule has 4 nitrogen and oxygen atoms in total. The van der Waals surface area contributed by atoms with Gasteiger partial charge in [0.05, 0.1) is 12.2 Å². The van der Waals surface area contributed by atoms with E-state index < -0.39 is 13.1 Å². The number of hydrogen-bond donors (Lipinski definition) is 2. The van der Waals surface area contributed by atoms with E-state index in [0.717, 1.165) is 0 Å². The number of carbonyl (C=O) groups excluding carboxylic acids is 1. The first-order valence-corrected chi connectivity index (χ1v) is 7.11. The first kappa shape index (κ1) is 14.6. The van der Waals surface area contributed by atoms with Crippen LogP contribution >= 0.6 is 0 Å². The Morgan fingerprint density at radius 1 is 0.955 bits per heavy atom. The van der Waals surface area contributed by atoms with Crippen LogP contribution < -0.4 is 5.46 Å². The minimum Gasteiger partial charge on any atom is -0.462 e. The fourth-order valence-corrected chi connectivity index (χ4v) is 2.86. The van der Waals surface area contributed by atoms with Gasteiger partial charge in [0.1, 0.15) is 0 Å². The number of benzene rings is 3. The fourth-order valence-electron chi connectivity index (χ4n) is 2.86. The van der Waals surface area contributed by atoms with Crippen molar-refractivity contribution in [2.75, 3.05) is 6.61 Å². The number of ether oxygens (including phenoxy) is 1. The Bertz CT molecular complexity index is 801. The maximum Gasteiger partial charge on any atom is 0.489 e. The number of rotatable bonds is 3. The SMILES string of the molecule is CCOC(=O)c1c2ccccc2c(B(O)O)c2ccccc12. The molecule has 0 aliphatic carbocycles. The lowest BCUT2D eigenvalue weighted by Gasteiger charge is -2.15. The van der Waals surface area contributed by atoms with Gasteiger partial charge < -0.3 is 14.8 Å². The standard InChI is InChI=1S/C17H15BO4/c1-2-22-17(19)15-11-7-3-5-9-13(11)16(18(20)21)14-10-6-4-8-12(14)15/h3-10,20-21H,2H2,1H3. The molecule has 0 radical (unpaired) electrons. The molecule has 2 N–H and O–H groups in total. The minimum atomic E-state index is -1.62. The molecule has 110 valence electrons. The van der Waals surface area contributed by atoms with E-state index in [1.54, 1.807) is 43.3 Å². The molecule has 0 aliphatic rings. The van der Waals surface area contributed by atoms with Gasteiger partial charge in [-0.15, -0.1) is 0 Å². The van der Waals surface area contributed by atoms with Crippen molar-refractivity contribution in [3.8, 4) is 0 Å². The summed E-state index contributed by atoms with van der Waals surface area (Å²) in [5, 5.41) is 22.2. The first-order valence-electron chi connectivity index (χ1n) is 7.11. The molecule has 5 heteroatoms. The zero-order chi connectivity index (χ0) is 15.7. The molecule has 0 unspecified atom stereocenters. The van der Waals surface area contributed by atoms with Crippen molar-refractivity contribution in [2.24, 2.45) is 0 Å². The second kappa shape index (κ2) is 5.79. The molecule has 0 amide bonds. The van der Waals surface area contributed by atoms with E-state index in [-0.39, 0.29) is 6.61 Å². The molecule has 0 fully saturated rings. The van der Waals surface area contributed by atoms with E-state index in [0.29, 0.717) is 32.6 Å². The summed E-state index contributed by atoms with van der Waals surface area (Å²) < 4.78 is 5.18. The molecule has 22 heavy (non-hydrogen) atoms. The molecule has 0 saturated carbocycles. The quantitative estimate of drug-likeness (QED) is 0.439. The Hall–Kier alpha value is -2.37. The van der Waals surface area contributed by atoms with Crippen molar-refractivity contribution in [3.05, 3.63) is 54.1 Å². The third kappa shape index (κ3) is 2.24. The van der Waals surface area contributed by atoms with Gasteiger partial charge in [-0.3, -0.25) is 0 Å². The molecule has 0 spiro atoms. The van der Waals surface area contributed by atoms with Crippen molar-refractivity contribution >= 4 is 40.1 Å². The van der Waals surface area contributed by atoms with Gasteiger partial charge >= 0.3 is 13.1 Å². The summed E-state index contributed by atoms with van der Waals surface area (Å²) in [5.74, 6) is -0.408. The molecule has 0 heterocycles. The second-order valence-electron chi connectivity index (χ2n) is 4.97. The van der Waals surface area contributed by atoms with Crippen molar-refractivity contribution in [1.82, 2.24) is 0 Å². The van der Waals surface area contributed by atoms with E-state index in [4.69, 9.17) is 4.74 Å². The monoisotopic (exact) mass is 294 g/mol. The third-order valence-corrected chi connectivity index (χ3v) is 3.71. The fraction of sp³-hybridized carbons (Fsp3) is 0.118. The van der Waals surface area contributed by atoms with Crippen LogP contribution in [0.5, 0.6) is 0 Å². The lowest BCUT2D eigenvalue weighted by Crippen LogP contribution is -2.32. The Morgan fingerprint density at radius 3 is 1.82 bits per heavy atom. The topological polar surface area (TPSA) is 66.8 Å². The summed E-state index contributed by atoms with van der Waals surface area (Å²) >= 11 is 0. The van der Waals surface area contributed by atoms with Crippen molar-refractivity contribution in [2.45, 2.75) is 6.92 Å². The molecule has 3 rings (SSSR count). The van der Waals surface area contributed by atoms with E-state index in [1.165, 1.54) is 0 Å². The van der Waals surface area contributed by atoms with Crippen LogP contribution in [-0.2, 0) is 4.74 Å². The van der Waals surface area contributed by atoms with Gasteiger partial charge in [0.2, 0.25) is 0 Å². The summed E-state index contributed by atoms with van der Waals surface area (Å²) in [6.45, 7) is 2.04. The first-order chi connectivity index (χ1) is 10.6. The highest BCUT2D eigenvalue weighted by atomic mass is 16.5. The lowest BCUT2D eigenvalue weighted by atomic mass is 9.73. The highest BCUT2D eigenvalue weighted by molar-refractivity contribution is 6.66. The van der Waals surface area contributed by atoms with E-state index in [9.17, 15) is 14.8 Å². The Balaban J connectivity index is 2.52. The smallest absolute Gasteiger partial charge is 0.462 e. The normalized spacial score (nSPS) is 10.9. The molecule has 0 atom stereocenters. The molecular formula is C17H15BO4. The van der Waals surface area contributed by atoms with Gasteiger partial charge in [-0.25, -0.2) is 4.79 Å². The van der Waals surface area contributed by atoms with Gasteiger partial charge in [-0.2, -0.15) is 0 Å². The van der Waals surface area contributed by atoms with Crippen LogP contribution in [0.2, 0.25) is 0 Å². The van der Waals surface area contributed by atoms with Gasteiger partial charge in [-0.1, -0.05) is 48.5 Å². The third-order valence-electron chi connectivity index (χ3n) is 3.71. The summed E-state index contributed by atoms with van der Waals surface area (Å²) in [6, 6.07) is 14.4. The van der Waals surface area contributed by atoms with Crippen LogP contribution in [0.15, 0.2) is 48.5 Å².